The van der Waals surface area contributed by atoms with Crippen LogP contribution in [0.25, 0.3) is 0 Å². The average molecular weight is 483 g/mol. The summed E-state index contributed by atoms with van der Waals surface area (Å²) in [5, 5.41) is 6.91. The van der Waals surface area contributed by atoms with Gasteiger partial charge >= 0.3 is 0 Å². The van der Waals surface area contributed by atoms with Gasteiger partial charge in [0.25, 0.3) is 5.91 Å². The Morgan fingerprint density at radius 3 is 2.33 bits per heavy atom. The lowest BCUT2D eigenvalue weighted by Crippen LogP contribution is -2.51. The van der Waals surface area contributed by atoms with Gasteiger partial charge in [-0.15, -0.1) is 22.7 Å². The predicted molar refractivity (Wildman–Crippen MR) is 131 cm³/mol. The van der Waals surface area contributed by atoms with Crippen LogP contribution < -0.4 is 5.32 Å². The monoisotopic (exact) mass is 482 g/mol. The van der Waals surface area contributed by atoms with E-state index in [-0.39, 0.29) is 24.1 Å². The molecule has 3 heterocycles. The van der Waals surface area contributed by atoms with Crippen molar-refractivity contribution < 1.29 is 14.4 Å². The molecule has 1 aliphatic heterocycles. The lowest BCUT2D eigenvalue weighted by atomic mass is 10.1. The number of aromatic nitrogens is 1. The molecule has 1 saturated heterocycles. The van der Waals surface area contributed by atoms with Crippen LogP contribution >= 0.6 is 22.7 Å². The summed E-state index contributed by atoms with van der Waals surface area (Å²) in [7, 11) is 0. The highest BCUT2D eigenvalue weighted by atomic mass is 32.1. The second-order valence-electron chi connectivity index (χ2n) is 7.85. The first-order chi connectivity index (χ1) is 16.1. The molecule has 1 aromatic carbocycles. The Kier molecular flexibility index (Phi) is 7.85. The Morgan fingerprint density at radius 2 is 1.64 bits per heavy atom. The van der Waals surface area contributed by atoms with E-state index in [1.54, 1.807) is 16.3 Å². The first kappa shape index (κ1) is 23.1. The number of amides is 3. The van der Waals surface area contributed by atoms with E-state index < -0.39 is 0 Å². The summed E-state index contributed by atoms with van der Waals surface area (Å²) >= 11 is 2.68. The molecule has 1 aliphatic rings. The number of nitrogens with zero attached hydrogens (tertiary/aromatic N) is 3. The number of hydrogen-bond donors (Lipinski definition) is 1. The van der Waals surface area contributed by atoms with Crippen molar-refractivity contribution in [2.45, 2.75) is 25.7 Å². The number of carbonyl (C=O) groups is 3. The highest BCUT2D eigenvalue weighted by Gasteiger charge is 2.24. The molecule has 3 amide bonds. The molecule has 4 rings (SSSR count). The van der Waals surface area contributed by atoms with Crippen LogP contribution in [0.1, 0.15) is 33.8 Å². The molecule has 1 fully saturated rings. The normalized spacial score (nSPS) is 13.7. The number of nitrogens with one attached hydrogen (secondary N) is 1. The fourth-order valence-corrected chi connectivity index (χ4v) is 5.05. The van der Waals surface area contributed by atoms with Crippen LogP contribution in [0.15, 0.2) is 53.2 Å². The molecule has 0 spiro atoms. The zero-order valence-corrected chi connectivity index (χ0v) is 19.9. The Balaban J connectivity index is 1.18. The van der Waals surface area contributed by atoms with E-state index in [1.165, 1.54) is 28.2 Å². The van der Waals surface area contributed by atoms with Crippen LogP contribution in [0, 0.1) is 0 Å². The molecule has 1 N–H and O–H groups in total. The van der Waals surface area contributed by atoms with Crippen molar-refractivity contribution in [1.82, 2.24) is 14.8 Å². The maximum absolute atomic E-state index is 12.7. The molecule has 33 heavy (non-hydrogen) atoms. The summed E-state index contributed by atoms with van der Waals surface area (Å²) in [5.74, 6) is -0.0435. The average Bonchev–Trinajstić information content (AvgIpc) is 3.52. The molecule has 0 radical (unpaired) electrons. The summed E-state index contributed by atoms with van der Waals surface area (Å²) in [6.45, 7) is 2.20. The Morgan fingerprint density at radius 1 is 0.909 bits per heavy atom. The van der Waals surface area contributed by atoms with Crippen LogP contribution in [0.2, 0.25) is 0 Å². The minimum atomic E-state index is -0.193. The second-order valence-corrected chi connectivity index (χ2v) is 9.66. The van der Waals surface area contributed by atoms with E-state index in [4.69, 9.17) is 0 Å². The predicted octanol–water partition coefficient (Wildman–Crippen LogP) is 3.69. The lowest BCUT2D eigenvalue weighted by Gasteiger charge is -2.34. The minimum absolute atomic E-state index is 0.00684. The van der Waals surface area contributed by atoms with Gasteiger partial charge in [0.2, 0.25) is 11.8 Å². The summed E-state index contributed by atoms with van der Waals surface area (Å²) in [5.41, 5.74) is 1.89. The molecule has 7 nitrogen and oxygen atoms in total. The molecule has 3 aromatic rings. The zero-order chi connectivity index (χ0) is 23.0. The maximum atomic E-state index is 12.7. The molecule has 172 valence electrons. The molecule has 0 unspecified atom stereocenters. The van der Waals surface area contributed by atoms with Gasteiger partial charge in [-0.25, -0.2) is 4.98 Å². The van der Waals surface area contributed by atoms with Crippen molar-refractivity contribution in [2.75, 3.05) is 31.5 Å². The number of thiazole rings is 1. The quantitative estimate of drug-likeness (QED) is 0.531. The van der Waals surface area contributed by atoms with Crippen LogP contribution in [0.5, 0.6) is 0 Å². The second kappa shape index (κ2) is 11.2. The molecular formula is C24H26N4O3S2. The number of aryl methyl sites for hydroxylation is 1. The van der Waals surface area contributed by atoms with Crippen molar-refractivity contribution in [1.29, 1.82) is 0 Å². The van der Waals surface area contributed by atoms with E-state index in [0.29, 0.717) is 48.3 Å². The van der Waals surface area contributed by atoms with Gasteiger partial charge in [-0.05, 0) is 29.9 Å². The fraction of sp³-hybridized carbons (Fsp3) is 0.333. The van der Waals surface area contributed by atoms with E-state index in [2.05, 4.69) is 22.4 Å². The number of benzene rings is 1. The topological polar surface area (TPSA) is 82.6 Å². The van der Waals surface area contributed by atoms with Gasteiger partial charge in [0.05, 0.1) is 17.0 Å². The third kappa shape index (κ3) is 6.49. The molecular weight excluding hydrogens is 456 g/mol. The standard InChI is InChI=1S/C24H26N4O3S2/c29-21(10-4-8-18-6-2-1-3-7-18)27-11-13-28(14-12-27)22(30)16-19-17-33-24(25-19)26-23(31)20-9-5-15-32-20/h1-3,5-7,9,15,17H,4,8,10-14,16H2,(H,25,26,31). The van der Waals surface area contributed by atoms with Gasteiger partial charge in [0, 0.05) is 38.0 Å². The smallest absolute Gasteiger partial charge is 0.267 e. The van der Waals surface area contributed by atoms with Gasteiger partial charge in [0.15, 0.2) is 5.13 Å². The number of piperazine rings is 1. The lowest BCUT2D eigenvalue weighted by molar-refractivity contribution is -0.139. The van der Waals surface area contributed by atoms with Crippen molar-refractivity contribution in [3.8, 4) is 0 Å². The number of anilines is 1. The van der Waals surface area contributed by atoms with Crippen molar-refractivity contribution in [3.05, 3.63) is 69.4 Å². The molecule has 9 heteroatoms. The van der Waals surface area contributed by atoms with Crippen molar-refractivity contribution in [2.24, 2.45) is 0 Å². The number of rotatable bonds is 8. The SMILES string of the molecule is O=C(Nc1nc(CC(=O)N2CCN(C(=O)CCCc3ccccc3)CC2)cs1)c1cccs1. The first-order valence-corrected chi connectivity index (χ1v) is 12.7. The van der Waals surface area contributed by atoms with Crippen LogP contribution in [0.3, 0.4) is 0 Å². The fourth-order valence-electron chi connectivity index (χ4n) is 3.73. The molecule has 0 aliphatic carbocycles. The van der Waals surface area contributed by atoms with Gasteiger partial charge < -0.3 is 9.80 Å². The first-order valence-electron chi connectivity index (χ1n) is 11.0. The number of carbonyl (C=O) groups excluding carboxylic acids is 3. The molecule has 2 aromatic heterocycles. The summed E-state index contributed by atoms with van der Waals surface area (Å²) < 4.78 is 0. The maximum Gasteiger partial charge on any atom is 0.267 e. The van der Waals surface area contributed by atoms with E-state index >= 15 is 0 Å². The highest BCUT2D eigenvalue weighted by Crippen LogP contribution is 2.19. The minimum Gasteiger partial charge on any atom is -0.339 e. The van der Waals surface area contributed by atoms with Crippen molar-refractivity contribution >= 4 is 45.5 Å². The Hall–Kier alpha value is -3.04. The van der Waals surface area contributed by atoms with E-state index in [1.807, 2.05) is 34.5 Å². The van der Waals surface area contributed by atoms with E-state index in [9.17, 15) is 14.4 Å². The molecule has 0 saturated carbocycles. The Bertz CT molecular complexity index is 1070. The van der Waals surface area contributed by atoms with Gasteiger partial charge in [-0.3, -0.25) is 19.7 Å². The number of thiophene rings is 1. The third-order valence-corrected chi connectivity index (χ3v) is 7.21. The summed E-state index contributed by atoms with van der Waals surface area (Å²) in [6.07, 6.45) is 2.45. The number of hydrogen-bond acceptors (Lipinski definition) is 6. The van der Waals surface area contributed by atoms with Gasteiger partial charge in [-0.1, -0.05) is 36.4 Å². The van der Waals surface area contributed by atoms with Crippen LogP contribution in [0.4, 0.5) is 5.13 Å². The van der Waals surface area contributed by atoms with Gasteiger partial charge in [0.1, 0.15) is 0 Å². The highest BCUT2D eigenvalue weighted by molar-refractivity contribution is 7.14. The van der Waals surface area contributed by atoms with Crippen molar-refractivity contribution in [3.63, 3.8) is 0 Å². The summed E-state index contributed by atoms with van der Waals surface area (Å²) in [6, 6.07) is 13.8. The third-order valence-electron chi connectivity index (χ3n) is 5.53. The molecule has 0 bridgehead atoms. The largest absolute Gasteiger partial charge is 0.339 e. The van der Waals surface area contributed by atoms with E-state index in [0.717, 1.165) is 12.8 Å². The van der Waals surface area contributed by atoms with Gasteiger partial charge in [-0.2, -0.15) is 0 Å². The molecule has 0 atom stereocenters. The summed E-state index contributed by atoms with van der Waals surface area (Å²) in [4.78, 5) is 46.0. The Labute approximate surface area is 201 Å². The zero-order valence-electron chi connectivity index (χ0n) is 18.2. The van der Waals surface area contributed by atoms with Crippen LogP contribution in [-0.4, -0.2) is 58.7 Å². The van der Waals surface area contributed by atoms with Crippen LogP contribution in [-0.2, 0) is 22.4 Å².